The minimum absolute atomic E-state index is 0.171. The van der Waals surface area contributed by atoms with Crippen molar-refractivity contribution in [3.63, 3.8) is 0 Å². The van der Waals surface area contributed by atoms with E-state index in [0.717, 1.165) is 10.6 Å². The number of hydrogen-bond acceptors (Lipinski definition) is 5. The van der Waals surface area contributed by atoms with Gasteiger partial charge in [0.15, 0.2) is 0 Å². The zero-order valence-electron chi connectivity index (χ0n) is 13.8. The predicted octanol–water partition coefficient (Wildman–Crippen LogP) is 5.18. The lowest BCUT2D eigenvalue weighted by molar-refractivity contribution is -0.113. The van der Waals surface area contributed by atoms with Crippen LogP contribution in [-0.4, -0.2) is 21.9 Å². The molecule has 0 saturated heterocycles. The zero-order chi connectivity index (χ0) is 18.5. The van der Waals surface area contributed by atoms with Crippen LogP contribution in [0.25, 0.3) is 10.6 Å². The molecule has 0 unspecified atom stereocenters. The molecule has 0 aliphatic heterocycles. The van der Waals surface area contributed by atoms with Crippen molar-refractivity contribution in [2.24, 2.45) is 0 Å². The van der Waals surface area contributed by atoms with Gasteiger partial charge in [-0.15, -0.1) is 22.0 Å². The Labute approximate surface area is 163 Å². The molecule has 0 aliphatic rings. The maximum absolute atomic E-state index is 13.7. The summed E-state index contributed by atoms with van der Waals surface area (Å²) >= 11 is 8.57. The molecule has 3 rings (SSSR count). The van der Waals surface area contributed by atoms with E-state index in [1.807, 2.05) is 31.2 Å². The lowest BCUT2D eigenvalue weighted by Gasteiger charge is -2.05. The summed E-state index contributed by atoms with van der Waals surface area (Å²) in [6.07, 6.45) is 0. The molecule has 26 heavy (non-hydrogen) atoms. The molecule has 0 bridgehead atoms. The normalized spacial score (nSPS) is 10.7. The summed E-state index contributed by atoms with van der Waals surface area (Å²) in [5.41, 5.74) is 2.53. The minimum atomic E-state index is -0.364. The van der Waals surface area contributed by atoms with Gasteiger partial charge < -0.3 is 0 Å². The van der Waals surface area contributed by atoms with Gasteiger partial charge in [-0.05, 0) is 19.1 Å². The van der Waals surface area contributed by atoms with Crippen molar-refractivity contribution in [2.45, 2.75) is 12.7 Å². The van der Waals surface area contributed by atoms with Gasteiger partial charge in [-0.25, -0.2) is 4.39 Å². The Morgan fingerprint density at radius 2 is 2.00 bits per heavy atom. The highest BCUT2D eigenvalue weighted by Gasteiger charge is 2.11. The summed E-state index contributed by atoms with van der Waals surface area (Å²) in [5.74, 6) is -0.0836. The average Bonchev–Trinajstić information content (AvgIpc) is 3.06. The van der Waals surface area contributed by atoms with Crippen molar-refractivity contribution in [3.05, 3.63) is 64.4 Å². The number of anilines is 1. The Kier molecular flexibility index (Phi) is 6.24. The third-order valence-electron chi connectivity index (χ3n) is 3.51. The third kappa shape index (κ3) is 4.81. The number of thioether (sulfide) groups is 1. The molecule has 0 atom stereocenters. The molecular weight excluding hydrogens is 393 g/mol. The Morgan fingerprint density at radius 1 is 1.23 bits per heavy atom. The van der Waals surface area contributed by atoms with Gasteiger partial charge in [-0.1, -0.05) is 58.8 Å². The summed E-state index contributed by atoms with van der Waals surface area (Å²) in [5, 5.41) is 12.4. The summed E-state index contributed by atoms with van der Waals surface area (Å²) < 4.78 is 13.7. The van der Waals surface area contributed by atoms with Crippen LogP contribution in [0.5, 0.6) is 0 Å². The van der Waals surface area contributed by atoms with Crippen molar-refractivity contribution in [3.8, 4) is 10.6 Å². The van der Waals surface area contributed by atoms with Gasteiger partial charge in [0.2, 0.25) is 11.0 Å². The van der Waals surface area contributed by atoms with Crippen molar-refractivity contribution < 1.29 is 9.18 Å². The summed E-state index contributed by atoms with van der Waals surface area (Å²) in [7, 11) is 0. The number of carbonyl (C=O) groups excluding carboxylic acids is 1. The molecule has 134 valence electrons. The fourth-order valence-electron chi connectivity index (χ4n) is 2.16. The van der Waals surface area contributed by atoms with Crippen LogP contribution in [0.2, 0.25) is 5.02 Å². The summed E-state index contributed by atoms with van der Waals surface area (Å²) in [6, 6.07) is 12.5. The largest absolute Gasteiger partial charge is 0.300 e. The highest BCUT2D eigenvalue weighted by Crippen LogP contribution is 2.27. The van der Waals surface area contributed by atoms with Gasteiger partial charge in [0, 0.05) is 21.9 Å². The molecule has 0 saturated carbocycles. The number of benzene rings is 2. The Bertz CT molecular complexity index is 895. The molecule has 1 aromatic heterocycles. The van der Waals surface area contributed by atoms with Crippen LogP contribution in [-0.2, 0) is 10.5 Å². The van der Waals surface area contributed by atoms with Gasteiger partial charge in [-0.2, -0.15) is 0 Å². The summed E-state index contributed by atoms with van der Waals surface area (Å²) in [6.45, 7) is 2.02. The topological polar surface area (TPSA) is 54.9 Å². The van der Waals surface area contributed by atoms with E-state index in [1.165, 1.54) is 34.7 Å². The lowest BCUT2D eigenvalue weighted by Crippen LogP contribution is -2.14. The monoisotopic (exact) mass is 407 g/mol. The number of carbonyl (C=O) groups is 1. The first-order valence-electron chi connectivity index (χ1n) is 7.74. The van der Waals surface area contributed by atoms with E-state index in [4.69, 9.17) is 11.6 Å². The number of nitrogens with one attached hydrogen (secondary N) is 1. The third-order valence-corrected chi connectivity index (χ3v) is 5.71. The van der Waals surface area contributed by atoms with E-state index in [-0.39, 0.29) is 17.5 Å². The molecule has 0 fully saturated rings. The van der Waals surface area contributed by atoms with Crippen molar-refractivity contribution in [1.29, 1.82) is 0 Å². The molecule has 4 nitrogen and oxygen atoms in total. The second-order valence-electron chi connectivity index (χ2n) is 5.52. The lowest BCUT2D eigenvalue weighted by atomic mass is 10.2. The Balaban J connectivity index is 1.53. The highest BCUT2D eigenvalue weighted by molar-refractivity contribution is 7.99. The van der Waals surface area contributed by atoms with E-state index in [0.29, 0.717) is 21.5 Å². The number of halogens is 2. The van der Waals surface area contributed by atoms with Gasteiger partial charge in [0.25, 0.3) is 0 Å². The Morgan fingerprint density at radius 3 is 2.73 bits per heavy atom. The molecule has 1 amide bonds. The number of aromatic nitrogens is 2. The van der Waals surface area contributed by atoms with Crippen LogP contribution in [0.4, 0.5) is 9.52 Å². The number of rotatable bonds is 6. The van der Waals surface area contributed by atoms with E-state index >= 15 is 0 Å². The number of hydrogen-bond donors (Lipinski definition) is 1. The maximum atomic E-state index is 13.7. The quantitative estimate of drug-likeness (QED) is 0.611. The molecule has 1 N–H and O–H groups in total. The van der Waals surface area contributed by atoms with Crippen LogP contribution >= 0.6 is 34.7 Å². The number of amides is 1. The first-order valence-corrected chi connectivity index (χ1v) is 10.1. The standard InChI is InChI=1S/C18H15ClFN3OS2/c1-11-5-7-12(8-6-11)17-22-23-18(26-17)21-16(24)10-25-9-13-14(19)3-2-4-15(13)20/h2-8H,9-10H2,1H3,(H,21,23,24). The van der Waals surface area contributed by atoms with Gasteiger partial charge in [-0.3, -0.25) is 10.1 Å². The van der Waals surface area contributed by atoms with Gasteiger partial charge in [0.05, 0.1) is 5.75 Å². The molecule has 0 aliphatic carbocycles. The SMILES string of the molecule is Cc1ccc(-c2nnc(NC(=O)CSCc3c(F)cccc3Cl)s2)cc1. The zero-order valence-corrected chi connectivity index (χ0v) is 16.2. The number of nitrogens with zero attached hydrogens (tertiary/aromatic N) is 2. The highest BCUT2D eigenvalue weighted by atomic mass is 35.5. The molecule has 8 heteroatoms. The molecule has 1 heterocycles. The maximum Gasteiger partial charge on any atom is 0.236 e. The minimum Gasteiger partial charge on any atom is -0.300 e. The smallest absolute Gasteiger partial charge is 0.236 e. The van der Waals surface area contributed by atoms with E-state index in [9.17, 15) is 9.18 Å². The van der Waals surface area contributed by atoms with E-state index in [2.05, 4.69) is 15.5 Å². The fourth-order valence-corrected chi connectivity index (χ4v) is 4.09. The van der Waals surface area contributed by atoms with Crippen molar-refractivity contribution in [1.82, 2.24) is 10.2 Å². The van der Waals surface area contributed by atoms with Crippen molar-refractivity contribution >= 4 is 45.7 Å². The van der Waals surface area contributed by atoms with Crippen LogP contribution in [0.3, 0.4) is 0 Å². The van der Waals surface area contributed by atoms with E-state index < -0.39 is 0 Å². The Hall–Kier alpha value is -1.96. The first kappa shape index (κ1) is 18.8. The average molecular weight is 408 g/mol. The molecule has 0 spiro atoms. The molecule has 0 radical (unpaired) electrons. The second-order valence-corrected chi connectivity index (χ2v) is 7.89. The number of aryl methyl sites for hydroxylation is 1. The summed E-state index contributed by atoms with van der Waals surface area (Å²) in [4.78, 5) is 12.0. The second kappa shape index (κ2) is 8.62. The van der Waals surface area contributed by atoms with Crippen LogP contribution in [0.15, 0.2) is 42.5 Å². The van der Waals surface area contributed by atoms with Gasteiger partial charge in [0.1, 0.15) is 10.8 Å². The van der Waals surface area contributed by atoms with Gasteiger partial charge >= 0.3 is 0 Å². The molecule has 3 aromatic rings. The molecular formula is C18H15ClFN3OS2. The molecule has 2 aromatic carbocycles. The van der Waals surface area contributed by atoms with E-state index in [1.54, 1.807) is 12.1 Å². The predicted molar refractivity (Wildman–Crippen MR) is 106 cm³/mol. The van der Waals surface area contributed by atoms with Crippen LogP contribution < -0.4 is 5.32 Å². The first-order chi connectivity index (χ1) is 12.5. The fraction of sp³-hybridized carbons (Fsp3) is 0.167. The van der Waals surface area contributed by atoms with Crippen LogP contribution in [0, 0.1) is 12.7 Å². The van der Waals surface area contributed by atoms with Crippen LogP contribution in [0.1, 0.15) is 11.1 Å². The van der Waals surface area contributed by atoms with Crippen molar-refractivity contribution in [2.75, 3.05) is 11.1 Å².